The molecule has 1 aliphatic rings. The lowest BCUT2D eigenvalue weighted by molar-refractivity contribution is -0.133. The molecule has 1 saturated heterocycles. The Morgan fingerprint density at radius 2 is 1.60 bits per heavy atom. The van der Waals surface area contributed by atoms with Gasteiger partial charge >= 0.3 is 0 Å². The van der Waals surface area contributed by atoms with E-state index in [1.54, 1.807) is 0 Å². The molecule has 0 aromatic carbocycles. The Hall–Kier alpha value is -0.570. The third-order valence-electron chi connectivity index (χ3n) is 4.24. The van der Waals surface area contributed by atoms with Crippen molar-refractivity contribution in [3.05, 3.63) is 0 Å². The van der Waals surface area contributed by atoms with Gasteiger partial charge in [-0.3, -0.25) is 4.79 Å². The standard InChI is InChI=1S/C17H34N2O/c1-14(2)10-9-11-15(3)18-16(4)17(20)19-12-7-5-6-8-13-19/h14-16,18H,5-13H2,1-4H3. The molecule has 1 heterocycles. The fraction of sp³-hybridized carbons (Fsp3) is 0.941. The summed E-state index contributed by atoms with van der Waals surface area (Å²) < 4.78 is 0. The van der Waals surface area contributed by atoms with Gasteiger partial charge in [-0.15, -0.1) is 0 Å². The minimum Gasteiger partial charge on any atom is -0.341 e. The lowest BCUT2D eigenvalue weighted by Gasteiger charge is -2.27. The monoisotopic (exact) mass is 282 g/mol. The molecule has 0 aromatic rings. The molecular formula is C17H34N2O. The predicted octanol–water partition coefficient (Wildman–Crippen LogP) is 3.58. The fourth-order valence-corrected chi connectivity index (χ4v) is 2.98. The van der Waals surface area contributed by atoms with Crippen LogP contribution in [0.4, 0.5) is 0 Å². The van der Waals surface area contributed by atoms with Crippen LogP contribution in [0.1, 0.15) is 72.6 Å². The summed E-state index contributed by atoms with van der Waals surface area (Å²) in [5, 5.41) is 3.48. The molecule has 3 heteroatoms. The Bertz CT molecular complexity index is 270. The van der Waals surface area contributed by atoms with Crippen molar-refractivity contribution in [2.75, 3.05) is 13.1 Å². The van der Waals surface area contributed by atoms with Gasteiger partial charge in [0.2, 0.25) is 5.91 Å². The summed E-state index contributed by atoms with van der Waals surface area (Å²) in [6, 6.07) is 0.391. The zero-order chi connectivity index (χ0) is 15.0. The highest BCUT2D eigenvalue weighted by molar-refractivity contribution is 5.81. The number of carbonyl (C=O) groups is 1. The molecule has 2 atom stereocenters. The molecule has 0 saturated carbocycles. The Morgan fingerprint density at radius 3 is 2.15 bits per heavy atom. The number of hydrogen-bond acceptors (Lipinski definition) is 2. The summed E-state index contributed by atoms with van der Waals surface area (Å²) in [6.07, 6.45) is 8.58. The molecule has 0 bridgehead atoms. The minimum absolute atomic E-state index is 0.0397. The zero-order valence-corrected chi connectivity index (χ0v) is 14.0. The second kappa shape index (κ2) is 9.38. The van der Waals surface area contributed by atoms with Gasteiger partial charge in [-0.25, -0.2) is 0 Å². The van der Waals surface area contributed by atoms with Gasteiger partial charge in [-0.05, 0) is 39.0 Å². The maximum absolute atomic E-state index is 12.4. The van der Waals surface area contributed by atoms with Crippen LogP contribution in [0.15, 0.2) is 0 Å². The first-order chi connectivity index (χ1) is 9.50. The second-order valence-electron chi connectivity index (χ2n) is 6.85. The Labute approximate surface area is 125 Å². The normalized spacial score (nSPS) is 19.8. The number of hydrogen-bond donors (Lipinski definition) is 1. The van der Waals surface area contributed by atoms with E-state index < -0.39 is 0 Å². The Morgan fingerprint density at radius 1 is 1.00 bits per heavy atom. The van der Waals surface area contributed by atoms with Crippen molar-refractivity contribution in [2.45, 2.75) is 84.7 Å². The van der Waals surface area contributed by atoms with Crippen molar-refractivity contribution in [3.8, 4) is 0 Å². The maximum Gasteiger partial charge on any atom is 0.239 e. The number of nitrogens with one attached hydrogen (secondary N) is 1. The summed E-state index contributed by atoms with van der Waals surface area (Å²) >= 11 is 0. The smallest absolute Gasteiger partial charge is 0.239 e. The van der Waals surface area contributed by atoms with Gasteiger partial charge in [0.25, 0.3) is 0 Å². The molecule has 0 aliphatic carbocycles. The van der Waals surface area contributed by atoms with Crippen molar-refractivity contribution < 1.29 is 4.79 Å². The maximum atomic E-state index is 12.4. The van der Waals surface area contributed by atoms with Crippen molar-refractivity contribution >= 4 is 5.91 Å². The van der Waals surface area contributed by atoms with E-state index in [-0.39, 0.29) is 6.04 Å². The molecule has 1 aliphatic heterocycles. The summed E-state index contributed by atoms with van der Waals surface area (Å²) in [5.41, 5.74) is 0. The van der Waals surface area contributed by atoms with Crippen LogP contribution in [0.3, 0.4) is 0 Å². The Balaban J connectivity index is 2.28. The molecule has 1 rings (SSSR count). The molecule has 0 aromatic heterocycles. The van der Waals surface area contributed by atoms with Crippen LogP contribution in [-0.2, 0) is 4.79 Å². The third-order valence-corrected chi connectivity index (χ3v) is 4.24. The fourth-order valence-electron chi connectivity index (χ4n) is 2.98. The average molecular weight is 282 g/mol. The first kappa shape index (κ1) is 17.5. The highest BCUT2D eigenvalue weighted by atomic mass is 16.2. The van der Waals surface area contributed by atoms with E-state index in [4.69, 9.17) is 0 Å². The van der Waals surface area contributed by atoms with Crippen LogP contribution < -0.4 is 5.32 Å². The van der Waals surface area contributed by atoms with Gasteiger partial charge < -0.3 is 10.2 Å². The number of rotatable bonds is 7. The van der Waals surface area contributed by atoms with Crippen molar-refractivity contribution in [1.29, 1.82) is 0 Å². The van der Waals surface area contributed by atoms with Gasteiger partial charge in [0.05, 0.1) is 6.04 Å². The predicted molar refractivity (Wildman–Crippen MR) is 85.8 cm³/mol. The van der Waals surface area contributed by atoms with E-state index in [0.717, 1.165) is 25.4 Å². The van der Waals surface area contributed by atoms with Crippen molar-refractivity contribution in [1.82, 2.24) is 10.2 Å². The van der Waals surface area contributed by atoms with Crippen molar-refractivity contribution in [2.24, 2.45) is 5.92 Å². The number of likely N-dealkylation sites (tertiary alicyclic amines) is 1. The topological polar surface area (TPSA) is 32.3 Å². The number of carbonyl (C=O) groups excluding carboxylic acids is 1. The molecule has 0 spiro atoms. The van der Waals surface area contributed by atoms with E-state index in [0.29, 0.717) is 11.9 Å². The zero-order valence-electron chi connectivity index (χ0n) is 14.0. The first-order valence-electron chi connectivity index (χ1n) is 8.55. The Kier molecular flexibility index (Phi) is 8.20. The van der Waals surface area contributed by atoms with Crippen LogP contribution in [0, 0.1) is 5.92 Å². The van der Waals surface area contributed by atoms with Gasteiger partial charge in [0, 0.05) is 19.1 Å². The van der Waals surface area contributed by atoms with E-state index in [2.05, 4.69) is 31.0 Å². The first-order valence-corrected chi connectivity index (χ1v) is 8.55. The summed E-state index contributed by atoms with van der Waals surface area (Å²) in [4.78, 5) is 14.5. The largest absolute Gasteiger partial charge is 0.341 e. The second-order valence-corrected chi connectivity index (χ2v) is 6.85. The SMILES string of the molecule is CC(C)CCCC(C)NC(C)C(=O)N1CCCCCC1. The number of nitrogens with zero attached hydrogens (tertiary/aromatic N) is 1. The highest BCUT2D eigenvalue weighted by Gasteiger charge is 2.22. The van der Waals surface area contributed by atoms with Gasteiger partial charge in [-0.2, -0.15) is 0 Å². The molecule has 118 valence electrons. The van der Waals surface area contributed by atoms with E-state index in [1.807, 2.05) is 6.92 Å². The summed E-state index contributed by atoms with van der Waals surface area (Å²) in [7, 11) is 0. The lowest BCUT2D eigenvalue weighted by atomic mass is 10.0. The molecule has 1 amide bonds. The highest BCUT2D eigenvalue weighted by Crippen LogP contribution is 2.12. The molecule has 0 radical (unpaired) electrons. The minimum atomic E-state index is -0.0397. The van der Waals surface area contributed by atoms with Crippen LogP contribution in [-0.4, -0.2) is 36.0 Å². The molecule has 2 unspecified atom stereocenters. The summed E-state index contributed by atoms with van der Waals surface area (Å²) in [5.74, 6) is 1.07. The van der Waals surface area contributed by atoms with Crippen LogP contribution >= 0.6 is 0 Å². The van der Waals surface area contributed by atoms with E-state index in [1.165, 1.54) is 38.5 Å². The lowest BCUT2D eigenvalue weighted by Crippen LogP contribution is -2.48. The van der Waals surface area contributed by atoms with Crippen molar-refractivity contribution in [3.63, 3.8) is 0 Å². The molecular weight excluding hydrogens is 248 g/mol. The van der Waals surface area contributed by atoms with Gasteiger partial charge in [0.15, 0.2) is 0 Å². The molecule has 20 heavy (non-hydrogen) atoms. The average Bonchev–Trinajstić information content (AvgIpc) is 2.66. The van der Waals surface area contributed by atoms with Crippen LogP contribution in [0.2, 0.25) is 0 Å². The quantitative estimate of drug-likeness (QED) is 0.774. The van der Waals surface area contributed by atoms with E-state index in [9.17, 15) is 4.79 Å². The van der Waals surface area contributed by atoms with Gasteiger partial charge in [-0.1, -0.05) is 39.5 Å². The third kappa shape index (κ3) is 6.74. The molecule has 1 fully saturated rings. The van der Waals surface area contributed by atoms with E-state index >= 15 is 0 Å². The molecule has 3 nitrogen and oxygen atoms in total. The summed E-state index contributed by atoms with van der Waals surface area (Å²) in [6.45, 7) is 10.7. The van der Waals surface area contributed by atoms with Gasteiger partial charge in [0.1, 0.15) is 0 Å². The molecule has 1 N–H and O–H groups in total. The van der Waals surface area contributed by atoms with Crippen LogP contribution in [0.25, 0.3) is 0 Å². The van der Waals surface area contributed by atoms with Crippen LogP contribution in [0.5, 0.6) is 0 Å². The number of amides is 1.